The molecule has 7 heteroatoms. The zero-order valence-electron chi connectivity index (χ0n) is 11.1. The van der Waals surface area contributed by atoms with Gasteiger partial charge in [-0.05, 0) is 31.5 Å². The SMILES string of the molecule is CC(N[C@H](C)c1ccc(Br)cc1)C(=O)NCC(F)(F)F. The lowest BCUT2D eigenvalue weighted by Crippen LogP contribution is -2.45. The molecule has 0 aliphatic heterocycles. The van der Waals surface area contributed by atoms with Crippen molar-refractivity contribution in [3.8, 4) is 0 Å². The van der Waals surface area contributed by atoms with Crippen molar-refractivity contribution in [2.75, 3.05) is 6.54 Å². The van der Waals surface area contributed by atoms with Gasteiger partial charge in [0.25, 0.3) is 0 Å². The lowest BCUT2D eigenvalue weighted by atomic mass is 10.1. The van der Waals surface area contributed by atoms with Crippen molar-refractivity contribution in [3.63, 3.8) is 0 Å². The highest BCUT2D eigenvalue weighted by atomic mass is 79.9. The Balaban J connectivity index is 2.50. The maximum Gasteiger partial charge on any atom is 0.405 e. The number of carbonyl (C=O) groups excluding carboxylic acids is 1. The van der Waals surface area contributed by atoms with Crippen molar-refractivity contribution in [3.05, 3.63) is 34.3 Å². The summed E-state index contributed by atoms with van der Waals surface area (Å²) in [5.74, 6) is -0.675. The van der Waals surface area contributed by atoms with Crippen LogP contribution in [-0.4, -0.2) is 24.7 Å². The summed E-state index contributed by atoms with van der Waals surface area (Å²) in [6.45, 7) is 2.06. The van der Waals surface area contributed by atoms with E-state index in [1.54, 1.807) is 0 Å². The van der Waals surface area contributed by atoms with E-state index < -0.39 is 24.7 Å². The number of rotatable bonds is 5. The van der Waals surface area contributed by atoms with E-state index in [4.69, 9.17) is 0 Å². The molecule has 0 bridgehead atoms. The van der Waals surface area contributed by atoms with Gasteiger partial charge in [0.15, 0.2) is 0 Å². The lowest BCUT2D eigenvalue weighted by molar-refractivity contribution is -0.139. The minimum absolute atomic E-state index is 0.144. The van der Waals surface area contributed by atoms with Gasteiger partial charge in [0.1, 0.15) is 6.54 Å². The molecule has 0 spiro atoms. The van der Waals surface area contributed by atoms with Crippen molar-refractivity contribution in [1.82, 2.24) is 10.6 Å². The van der Waals surface area contributed by atoms with Crippen LogP contribution in [0.5, 0.6) is 0 Å². The molecule has 20 heavy (non-hydrogen) atoms. The summed E-state index contributed by atoms with van der Waals surface area (Å²) in [7, 11) is 0. The summed E-state index contributed by atoms with van der Waals surface area (Å²) in [5.41, 5.74) is 0.948. The maximum atomic E-state index is 12.0. The smallest absolute Gasteiger partial charge is 0.346 e. The first kappa shape index (κ1) is 17.0. The molecule has 0 radical (unpaired) electrons. The van der Waals surface area contributed by atoms with Crippen LogP contribution >= 0.6 is 15.9 Å². The van der Waals surface area contributed by atoms with Crippen molar-refractivity contribution in [1.29, 1.82) is 0 Å². The summed E-state index contributed by atoms with van der Waals surface area (Å²) in [4.78, 5) is 11.5. The number of alkyl halides is 3. The number of benzene rings is 1. The van der Waals surface area contributed by atoms with Crippen LogP contribution in [0.4, 0.5) is 13.2 Å². The largest absolute Gasteiger partial charge is 0.405 e. The fraction of sp³-hybridized carbons (Fsp3) is 0.462. The van der Waals surface area contributed by atoms with Crippen LogP contribution < -0.4 is 10.6 Å². The van der Waals surface area contributed by atoms with Crippen LogP contribution in [0.3, 0.4) is 0 Å². The highest BCUT2D eigenvalue weighted by Crippen LogP contribution is 2.17. The van der Waals surface area contributed by atoms with Crippen LogP contribution in [0.25, 0.3) is 0 Å². The Morgan fingerprint density at radius 3 is 2.30 bits per heavy atom. The number of amides is 1. The van der Waals surface area contributed by atoms with Gasteiger partial charge in [-0.3, -0.25) is 10.1 Å². The van der Waals surface area contributed by atoms with Crippen molar-refractivity contribution in [2.24, 2.45) is 0 Å². The zero-order chi connectivity index (χ0) is 15.3. The van der Waals surface area contributed by atoms with E-state index in [2.05, 4.69) is 21.2 Å². The predicted octanol–water partition coefficient (Wildman–Crippen LogP) is 3.17. The second-order valence-corrected chi connectivity index (χ2v) is 5.41. The maximum absolute atomic E-state index is 12.0. The molecule has 1 aromatic carbocycles. The molecule has 112 valence electrons. The molecule has 1 amide bonds. The molecule has 0 aromatic heterocycles. The van der Waals surface area contributed by atoms with Crippen LogP contribution in [-0.2, 0) is 4.79 Å². The second kappa shape index (κ2) is 7.08. The molecule has 0 heterocycles. The summed E-state index contributed by atoms with van der Waals surface area (Å²) in [5, 5.41) is 4.81. The zero-order valence-corrected chi connectivity index (χ0v) is 12.7. The van der Waals surface area contributed by atoms with Gasteiger partial charge in [-0.1, -0.05) is 28.1 Å². The van der Waals surface area contributed by atoms with Crippen molar-refractivity contribution >= 4 is 21.8 Å². The third-order valence-corrected chi connectivity index (χ3v) is 3.26. The van der Waals surface area contributed by atoms with E-state index in [0.29, 0.717) is 0 Å². The summed E-state index contributed by atoms with van der Waals surface area (Å²) >= 11 is 3.32. The third-order valence-electron chi connectivity index (χ3n) is 2.73. The molecule has 0 aliphatic carbocycles. The Hall–Kier alpha value is -1.08. The van der Waals surface area contributed by atoms with Crippen LogP contribution in [0.2, 0.25) is 0 Å². The van der Waals surface area contributed by atoms with E-state index in [-0.39, 0.29) is 6.04 Å². The van der Waals surface area contributed by atoms with Gasteiger partial charge in [0.05, 0.1) is 6.04 Å². The average Bonchev–Trinajstić information content (AvgIpc) is 2.35. The van der Waals surface area contributed by atoms with E-state index in [9.17, 15) is 18.0 Å². The Kier molecular flexibility index (Phi) is 6.01. The molecule has 2 atom stereocenters. The minimum Gasteiger partial charge on any atom is -0.346 e. The normalized spacial score (nSPS) is 14.7. The molecule has 1 rings (SSSR count). The monoisotopic (exact) mass is 352 g/mol. The first-order valence-corrected chi connectivity index (χ1v) is 6.84. The molecule has 1 unspecified atom stereocenters. The topological polar surface area (TPSA) is 41.1 Å². The summed E-state index contributed by atoms with van der Waals surface area (Å²) in [6.07, 6.45) is -4.40. The van der Waals surface area contributed by atoms with Crippen LogP contribution in [0.15, 0.2) is 28.7 Å². The Labute approximate surface area is 124 Å². The molecule has 0 fully saturated rings. The van der Waals surface area contributed by atoms with E-state index >= 15 is 0 Å². The van der Waals surface area contributed by atoms with Gasteiger partial charge in [0, 0.05) is 10.5 Å². The average molecular weight is 353 g/mol. The van der Waals surface area contributed by atoms with Crippen molar-refractivity contribution < 1.29 is 18.0 Å². The number of halogens is 4. The standard InChI is InChI=1S/C13H16BrF3N2O/c1-8(10-3-5-11(14)6-4-10)19-9(2)12(20)18-7-13(15,16)17/h3-6,8-9,19H,7H2,1-2H3,(H,18,20)/t8-,9?/m1/s1. The Bertz CT molecular complexity index is 448. The number of hydrogen-bond donors (Lipinski definition) is 2. The van der Waals surface area contributed by atoms with Crippen molar-refractivity contribution in [2.45, 2.75) is 32.1 Å². The van der Waals surface area contributed by atoms with Gasteiger partial charge in [-0.2, -0.15) is 13.2 Å². The number of nitrogens with one attached hydrogen (secondary N) is 2. The van der Waals surface area contributed by atoms with Gasteiger partial charge in [-0.15, -0.1) is 0 Å². The number of carbonyl (C=O) groups is 1. The molecule has 2 N–H and O–H groups in total. The second-order valence-electron chi connectivity index (χ2n) is 4.49. The molecule has 0 aliphatic rings. The highest BCUT2D eigenvalue weighted by Gasteiger charge is 2.28. The Morgan fingerprint density at radius 2 is 1.80 bits per heavy atom. The van der Waals surface area contributed by atoms with Gasteiger partial charge >= 0.3 is 6.18 Å². The first-order chi connectivity index (χ1) is 9.19. The van der Waals surface area contributed by atoms with Gasteiger partial charge < -0.3 is 5.32 Å². The van der Waals surface area contributed by atoms with E-state index in [0.717, 1.165) is 10.0 Å². The summed E-state index contributed by atoms with van der Waals surface area (Å²) < 4.78 is 36.9. The molecule has 1 aromatic rings. The quantitative estimate of drug-likeness (QED) is 0.854. The van der Waals surface area contributed by atoms with Gasteiger partial charge in [0.2, 0.25) is 5.91 Å². The molecule has 0 saturated carbocycles. The van der Waals surface area contributed by atoms with Gasteiger partial charge in [-0.25, -0.2) is 0 Å². The minimum atomic E-state index is -4.40. The van der Waals surface area contributed by atoms with E-state index in [1.165, 1.54) is 6.92 Å². The third kappa shape index (κ3) is 5.92. The summed E-state index contributed by atoms with van der Waals surface area (Å²) in [6, 6.07) is 6.62. The molecule has 3 nitrogen and oxygen atoms in total. The molecule has 0 saturated heterocycles. The number of hydrogen-bond acceptors (Lipinski definition) is 2. The van der Waals surface area contributed by atoms with Crippen LogP contribution in [0, 0.1) is 0 Å². The molecular weight excluding hydrogens is 337 g/mol. The first-order valence-electron chi connectivity index (χ1n) is 6.05. The fourth-order valence-electron chi connectivity index (χ4n) is 1.64. The molecular formula is C13H16BrF3N2O. The lowest BCUT2D eigenvalue weighted by Gasteiger charge is -2.20. The highest BCUT2D eigenvalue weighted by molar-refractivity contribution is 9.10. The fourth-order valence-corrected chi connectivity index (χ4v) is 1.90. The van der Waals surface area contributed by atoms with E-state index in [1.807, 2.05) is 36.5 Å². The predicted molar refractivity (Wildman–Crippen MR) is 74.2 cm³/mol. The Morgan fingerprint density at radius 1 is 1.25 bits per heavy atom. The van der Waals surface area contributed by atoms with Crippen LogP contribution in [0.1, 0.15) is 25.5 Å².